The van der Waals surface area contributed by atoms with Crippen LogP contribution < -0.4 is 4.74 Å². The van der Waals surface area contributed by atoms with Crippen LogP contribution in [0.15, 0.2) is 67.0 Å². The van der Waals surface area contributed by atoms with Crippen LogP contribution in [0.3, 0.4) is 0 Å². The smallest absolute Gasteiger partial charge is 0.189 e. The Hall–Kier alpha value is -3.34. The van der Waals surface area contributed by atoms with Gasteiger partial charge in [-0.1, -0.05) is 30.3 Å². The molecule has 2 N–H and O–H groups in total. The summed E-state index contributed by atoms with van der Waals surface area (Å²) in [6, 6.07) is 14.3. The van der Waals surface area contributed by atoms with Crippen LogP contribution in [0.4, 0.5) is 0 Å². The number of hydrogen-bond acceptors (Lipinski definition) is 4. The van der Waals surface area contributed by atoms with Gasteiger partial charge in [0.2, 0.25) is 0 Å². The zero-order valence-electron chi connectivity index (χ0n) is 12.8. The molecule has 0 saturated carbocycles. The third-order valence-corrected chi connectivity index (χ3v) is 3.39. The first-order chi connectivity index (χ1) is 11.7. The fraction of sp³-hybridized carbons (Fsp3) is 0.0526. The third-order valence-electron chi connectivity index (χ3n) is 3.39. The van der Waals surface area contributed by atoms with Crippen LogP contribution >= 0.6 is 0 Å². The molecule has 0 unspecified atom stereocenters. The molecule has 5 heteroatoms. The molecule has 0 radical (unpaired) electrons. The normalized spacial score (nSPS) is 10.8. The van der Waals surface area contributed by atoms with Crippen molar-refractivity contribution in [2.24, 2.45) is 0 Å². The Morgan fingerprint density at radius 3 is 2.79 bits per heavy atom. The molecular weight excluding hydrogens is 304 g/mol. The number of benzene rings is 2. The number of nitrogens with one attached hydrogen (secondary N) is 1. The van der Waals surface area contributed by atoms with E-state index in [0.717, 1.165) is 5.56 Å². The summed E-state index contributed by atoms with van der Waals surface area (Å²) in [6.07, 6.45) is 6.17. The minimum Gasteiger partial charge on any atom is -0.507 e. The molecule has 2 aromatic carbocycles. The second-order valence-electron chi connectivity index (χ2n) is 5.13. The summed E-state index contributed by atoms with van der Waals surface area (Å²) < 4.78 is 5.68. The number of ketones is 1. The predicted molar refractivity (Wildman–Crippen MR) is 90.8 cm³/mol. The van der Waals surface area contributed by atoms with Crippen LogP contribution in [-0.4, -0.2) is 20.9 Å². The molecule has 3 rings (SSSR count). The Balaban J connectivity index is 1.72. The average molecular weight is 320 g/mol. The number of ether oxygens (including phenoxy) is 1. The molecule has 0 aliphatic carbocycles. The van der Waals surface area contributed by atoms with Crippen molar-refractivity contribution in [3.05, 3.63) is 84.0 Å². The summed E-state index contributed by atoms with van der Waals surface area (Å²) in [5.74, 6) is 0.677. The Bertz CT molecular complexity index is 840. The maximum atomic E-state index is 12.2. The number of carbonyl (C=O) groups is 1. The van der Waals surface area contributed by atoms with Gasteiger partial charge in [-0.3, -0.25) is 4.79 Å². The van der Waals surface area contributed by atoms with E-state index in [1.54, 1.807) is 24.5 Å². The molecule has 0 aliphatic heterocycles. The van der Waals surface area contributed by atoms with Gasteiger partial charge in [0, 0.05) is 12.4 Å². The topological polar surface area (TPSA) is 75.2 Å². The molecule has 3 aromatic rings. The molecule has 24 heavy (non-hydrogen) atoms. The van der Waals surface area contributed by atoms with E-state index in [4.69, 9.17) is 4.74 Å². The second-order valence-corrected chi connectivity index (χ2v) is 5.13. The standard InChI is InChI=1S/C19H16N2O3/c22-17-7-6-15(24-13-14-4-2-1-3-5-14)12-16(17)18(23)8-9-19-20-10-11-21-19/h1-12,22H,13H2,(H,20,21). The zero-order valence-corrected chi connectivity index (χ0v) is 12.8. The summed E-state index contributed by atoms with van der Waals surface area (Å²) in [6.45, 7) is 0.390. The molecule has 0 aliphatic rings. The van der Waals surface area contributed by atoms with Gasteiger partial charge >= 0.3 is 0 Å². The Morgan fingerprint density at radius 1 is 1.21 bits per heavy atom. The molecule has 1 aromatic heterocycles. The summed E-state index contributed by atoms with van der Waals surface area (Å²) >= 11 is 0. The number of H-pyrrole nitrogens is 1. The quantitative estimate of drug-likeness (QED) is 0.537. The summed E-state index contributed by atoms with van der Waals surface area (Å²) in [7, 11) is 0. The first-order valence-corrected chi connectivity index (χ1v) is 7.44. The Kier molecular flexibility index (Phi) is 4.72. The monoisotopic (exact) mass is 320 g/mol. The van der Waals surface area contributed by atoms with E-state index >= 15 is 0 Å². The lowest BCUT2D eigenvalue weighted by Crippen LogP contribution is -1.99. The molecule has 0 atom stereocenters. The summed E-state index contributed by atoms with van der Waals surface area (Å²) in [5, 5.41) is 9.91. The molecule has 0 spiro atoms. The number of allylic oxidation sites excluding steroid dienone is 1. The number of phenols is 1. The van der Waals surface area contributed by atoms with Crippen molar-refractivity contribution in [3.63, 3.8) is 0 Å². The van der Waals surface area contributed by atoms with Crippen LogP contribution in [-0.2, 0) is 6.61 Å². The molecule has 120 valence electrons. The number of aromatic nitrogens is 2. The van der Waals surface area contributed by atoms with Crippen LogP contribution in [0.1, 0.15) is 21.7 Å². The van der Waals surface area contributed by atoms with Crippen LogP contribution in [0.5, 0.6) is 11.5 Å². The van der Waals surface area contributed by atoms with Gasteiger partial charge in [0.05, 0.1) is 5.56 Å². The maximum absolute atomic E-state index is 12.2. The van der Waals surface area contributed by atoms with Gasteiger partial charge in [-0.05, 0) is 35.9 Å². The predicted octanol–water partition coefficient (Wildman–Crippen LogP) is 3.59. The van der Waals surface area contributed by atoms with E-state index in [-0.39, 0.29) is 17.1 Å². The first kappa shape index (κ1) is 15.6. The summed E-state index contributed by atoms with van der Waals surface area (Å²) in [4.78, 5) is 19.1. The maximum Gasteiger partial charge on any atom is 0.189 e. The first-order valence-electron chi connectivity index (χ1n) is 7.44. The van der Waals surface area contributed by atoms with E-state index in [0.29, 0.717) is 18.2 Å². The SMILES string of the molecule is O=C(C=Cc1ncc[nH]1)c1cc(OCc2ccccc2)ccc1O. The molecule has 0 bridgehead atoms. The highest BCUT2D eigenvalue weighted by atomic mass is 16.5. The lowest BCUT2D eigenvalue weighted by molar-refractivity contribution is 0.104. The molecular formula is C19H16N2O3. The van der Waals surface area contributed by atoms with Crippen molar-refractivity contribution < 1.29 is 14.6 Å². The zero-order chi connectivity index (χ0) is 16.8. The van der Waals surface area contributed by atoms with Gasteiger partial charge in [0.1, 0.15) is 23.9 Å². The van der Waals surface area contributed by atoms with E-state index in [2.05, 4.69) is 9.97 Å². The van der Waals surface area contributed by atoms with Crippen LogP contribution in [0.2, 0.25) is 0 Å². The molecule has 1 heterocycles. The van der Waals surface area contributed by atoms with Gasteiger partial charge < -0.3 is 14.8 Å². The van der Waals surface area contributed by atoms with Gasteiger partial charge in [0.25, 0.3) is 0 Å². The van der Waals surface area contributed by atoms with Crippen molar-refractivity contribution in [1.29, 1.82) is 0 Å². The fourth-order valence-electron chi connectivity index (χ4n) is 2.16. The molecule has 5 nitrogen and oxygen atoms in total. The lowest BCUT2D eigenvalue weighted by Gasteiger charge is -2.08. The third kappa shape index (κ3) is 3.89. The molecule has 0 fully saturated rings. The number of aromatic hydroxyl groups is 1. The van der Waals surface area contributed by atoms with E-state index in [1.807, 2.05) is 30.3 Å². The van der Waals surface area contributed by atoms with E-state index in [1.165, 1.54) is 18.2 Å². The number of aromatic amines is 1. The van der Waals surface area contributed by atoms with Crippen LogP contribution in [0, 0.1) is 0 Å². The highest BCUT2D eigenvalue weighted by Crippen LogP contribution is 2.24. The fourth-order valence-corrected chi connectivity index (χ4v) is 2.16. The minimum atomic E-state index is -0.325. The van der Waals surface area contributed by atoms with Gasteiger partial charge in [-0.25, -0.2) is 4.98 Å². The average Bonchev–Trinajstić information content (AvgIpc) is 3.13. The number of hydrogen-bond donors (Lipinski definition) is 2. The van der Waals surface area contributed by atoms with Crippen molar-refractivity contribution in [3.8, 4) is 11.5 Å². The summed E-state index contributed by atoms with van der Waals surface area (Å²) in [5.41, 5.74) is 1.21. The number of rotatable bonds is 6. The highest BCUT2D eigenvalue weighted by molar-refractivity contribution is 6.08. The van der Waals surface area contributed by atoms with Gasteiger partial charge in [-0.2, -0.15) is 0 Å². The van der Waals surface area contributed by atoms with Gasteiger partial charge in [-0.15, -0.1) is 0 Å². The number of phenolic OH excluding ortho intramolecular Hbond substituents is 1. The number of imidazole rings is 1. The van der Waals surface area contributed by atoms with Crippen molar-refractivity contribution in [1.82, 2.24) is 9.97 Å². The largest absolute Gasteiger partial charge is 0.507 e. The van der Waals surface area contributed by atoms with Crippen molar-refractivity contribution in [2.75, 3.05) is 0 Å². The van der Waals surface area contributed by atoms with Crippen LogP contribution in [0.25, 0.3) is 6.08 Å². The molecule has 0 amide bonds. The van der Waals surface area contributed by atoms with E-state index in [9.17, 15) is 9.90 Å². The lowest BCUT2D eigenvalue weighted by atomic mass is 10.1. The second kappa shape index (κ2) is 7.28. The number of nitrogens with zero attached hydrogens (tertiary/aromatic N) is 1. The molecule has 0 saturated heterocycles. The Morgan fingerprint density at radius 2 is 2.04 bits per heavy atom. The van der Waals surface area contributed by atoms with Crippen molar-refractivity contribution >= 4 is 11.9 Å². The number of carbonyl (C=O) groups excluding carboxylic acids is 1. The Labute approximate surface area is 139 Å². The van der Waals surface area contributed by atoms with Crippen molar-refractivity contribution in [2.45, 2.75) is 6.61 Å². The highest BCUT2D eigenvalue weighted by Gasteiger charge is 2.10. The van der Waals surface area contributed by atoms with Gasteiger partial charge in [0.15, 0.2) is 5.78 Å². The minimum absolute atomic E-state index is 0.0869. The van der Waals surface area contributed by atoms with E-state index < -0.39 is 0 Å².